The van der Waals surface area contributed by atoms with Gasteiger partial charge in [0.15, 0.2) is 0 Å². The highest BCUT2D eigenvalue weighted by molar-refractivity contribution is 5.68. The Kier molecular flexibility index (Phi) is 7.17. The van der Waals surface area contributed by atoms with E-state index in [9.17, 15) is 18.4 Å². The molecular formula is C18H24F2N2O4. The highest BCUT2D eigenvalue weighted by Gasteiger charge is 2.36. The van der Waals surface area contributed by atoms with Gasteiger partial charge in [-0.25, -0.2) is 18.4 Å². The molecular weight excluding hydrogens is 346 g/mol. The monoisotopic (exact) mass is 370 g/mol. The molecule has 8 heteroatoms. The Morgan fingerprint density at radius 3 is 2.46 bits per heavy atom. The number of halogens is 2. The third-order valence-electron chi connectivity index (χ3n) is 4.48. The van der Waals surface area contributed by atoms with Gasteiger partial charge >= 0.3 is 12.2 Å². The van der Waals surface area contributed by atoms with Gasteiger partial charge in [0.05, 0.1) is 6.04 Å². The van der Waals surface area contributed by atoms with Crippen LogP contribution in [0.2, 0.25) is 0 Å². The second-order valence-corrected chi connectivity index (χ2v) is 6.67. The summed E-state index contributed by atoms with van der Waals surface area (Å²) in [6.07, 6.45) is -4.38. The van der Waals surface area contributed by atoms with Gasteiger partial charge in [-0.05, 0) is 30.7 Å². The van der Waals surface area contributed by atoms with Crippen molar-refractivity contribution in [2.75, 3.05) is 13.6 Å². The summed E-state index contributed by atoms with van der Waals surface area (Å²) >= 11 is 0. The maximum Gasteiger partial charge on any atom is 0.407 e. The van der Waals surface area contributed by atoms with Crippen LogP contribution >= 0.6 is 0 Å². The standard InChI is InChI=1S/C18H24F2N2O4/c1-22(18(24)25)10-14(7-13-8-15(19)16(20)9-13)21-17(23)26-11-12-5-3-2-4-6-12/h2-6,13-16H,7-11H2,1H3,(H,21,23)(H,24,25)/t13-,14-,15+,16-/m0/s1. The summed E-state index contributed by atoms with van der Waals surface area (Å²) in [5.74, 6) is -0.249. The predicted octanol–water partition coefficient (Wildman–Crippen LogP) is 3.37. The smallest absolute Gasteiger partial charge is 0.407 e. The van der Waals surface area contributed by atoms with Crippen LogP contribution < -0.4 is 5.32 Å². The topological polar surface area (TPSA) is 78.9 Å². The minimum Gasteiger partial charge on any atom is -0.465 e. The van der Waals surface area contributed by atoms with E-state index in [0.29, 0.717) is 6.42 Å². The molecule has 0 heterocycles. The molecule has 1 saturated carbocycles. The largest absolute Gasteiger partial charge is 0.465 e. The molecule has 0 radical (unpaired) electrons. The van der Waals surface area contributed by atoms with Crippen molar-refractivity contribution in [3.8, 4) is 0 Å². The molecule has 26 heavy (non-hydrogen) atoms. The van der Waals surface area contributed by atoms with Crippen molar-refractivity contribution in [2.45, 2.75) is 44.3 Å². The predicted molar refractivity (Wildman–Crippen MR) is 91.3 cm³/mol. The Hall–Kier alpha value is -2.38. The molecule has 1 aliphatic carbocycles. The molecule has 6 nitrogen and oxygen atoms in total. The normalized spacial score (nSPS) is 23.3. The van der Waals surface area contributed by atoms with Crippen LogP contribution in [0.5, 0.6) is 0 Å². The molecule has 0 aliphatic heterocycles. The molecule has 1 fully saturated rings. The first-order valence-electron chi connectivity index (χ1n) is 8.54. The number of hydrogen-bond acceptors (Lipinski definition) is 3. The summed E-state index contributed by atoms with van der Waals surface area (Å²) in [6.45, 7) is 0.0941. The molecule has 1 aromatic rings. The second kappa shape index (κ2) is 9.35. The number of nitrogens with one attached hydrogen (secondary N) is 1. The maximum atomic E-state index is 13.4. The molecule has 2 rings (SSSR count). The average Bonchev–Trinajstić information content (AvgIpc) is 2.91. The van der Waals surface area contributed by atoms with Crippen LogP contribution in [0.15, 0.2) is 30.3 Å². The highest BCUT2D eigenvalue weighted by Crippen LogP contribution is 2.33. The number of ether oxygens (including phenoxy) is 1. The zero-order valence-corrected chi connectivity index (χ0v) is 14.6. The Bertz CT molecular complexity index is 592. The lowest BCUT2D eigenvalue weighted by molar-refractivity contribution is 0.125. The van der Waals surface area contributed by atoms with E-state index in [1.807, 2.05) is 30.3 Å². The molecule has 0 spiro atoms. The van der Waals surface area contributed by atoms with Gasteiger partial charge < -0.3 is 20.1 Å². The summed E-state index contributed by atoms with van der Waals surface area (Å²) in [7, 11) is 1.37. The van der Waals surface area contributed by atoms with Gasteiger partial charge in [-0.15, -0.1) is 0 Å². The van der Waals surface area contributed by atoms with Crippen molar-refractivity contribution in [2.24, 2.45) is 5.92 Å². The number of carboxylic acid groups (broad SMARTS) is 1. The van der Waals surface area contributed by atoms with Gasteiger partial charge in [0.2, 0.25) is 0 Å². The highest BCUT2D eigenvalue weighted by atomic mass is 19.2. The third kappa shape index (κ3) is 6.16. The summed E-state index contributed by atoms with van der Waals surface area (Å²) < 4.78 is 31.9. The average molecular weight is 370 g/mol. The van der Waals surface area contributed by atoms with Gasteiger partial charge in [-0.3, -0.25) is 0 Å². The fourth-order valence-electron chi connectivity index (χ4n) is 3.14. The van der Waals surface area contributed by atoms with Crippen LogP contribution in [0.4, 0.5) is 18.4 Å². The van der Waals surface area contributed by atoms with Gasteiger partial charge in [-0.1, -0.05) is 30.3 Å². The van der Waals surface area contributed by atoms with Gasteiger partial charge in [0.1, 0.15) is 19.0 Å². The zero-order chi connectivity index (χ0) is 19.1. The van der Waals surface area contributed by atoms with Crippen LogP contribution in [-0.4, -0.2) is 54.2 Å². The van der Waals surface area contributed by atoms with Crippen molar-refractivity contribution >= 4 is 12.2 Å². The number of rotatable bonds is 7. The minimum atomic E-state index is -1.50. The van der Waals surface area contributed by atoms with Crippen LogP contribution in [0.3, 0.4) is 0 Å². The van der Waals surface area contributed by atoms with Gasteiger partial charge in [-0.2, -0.15) is 0 Å². The van der Waals surface area contributed by atoms with E-state index >= 15 is 0 Å². The molecule has 1 aromatic carbocycles. The van der Waals surface area contributed by atoms with Crippen molar-refractivity contribution in [3.05, 3.63) is 35.9 Å². The molecule has 0 unspecified atom stereocenters. The van der Waals surface area contributed by atoms with Crippen LogP contribution in [0, 0.1) is 5.92 Å². The molecule has 4 atom stereocenters. The Labute approximate surface area is 151 Å². The van der Waals surface area contributed by atoms with Crippen LogP contribution in [0.25, 0.3) is 0 Å². The number of likely N-dealkylation sites (N-methyl/N-ethyl adjacent to an activating group) is 1. The van der Waals surface area contributed by atoms with E-state index < -0.39 is 30.6 Å². The Morgan fingerprint density at radius 2 is 1.88 bits per heavy atom. The Morgan fingerprint density at radius 1 is 1.27 bits per heavy atom. The SMILES string of the molecule is CN(C[C@H](C[C@H]1C[C@@H](F)[C@@H](F)C1)NC(=O)OCc1ccccc1)C(=O)O. The molecule has 2 amide bonds. The number of alkyl halides is 2. The minimum absolute atomic E-state index is 0.0141. The molecule has 0 aromatic heterocycles. The number of carbonyl (C=O) groups excluding carboxylic acids is 1. The van der Waals surface area contributed by atoms with Gasteiger partial charge in [0, 0.05) is 13.6 Å². The summed E-state index contributed by atoms with van der Waals surface area (Å²) in [5.41, 5.74) is 0.818. The lowest BCUT2D eigenvalue weighted by Gasteiger charge is -2.25. The van der Waals surface area contributed by atoms with E-state index in [1.54, 1.807) is 0 Å². The lowest BCUT2D eigenvalue weighted by atomic mass is 9.98. The van der Waals surface area contributed by atoms with Crippen molar-refractivity contribution in [1.82, 2.24) is 10.2 Å². The molecule has 0 bridgehead atoms. The van der Waals surface area contributed by atoms with Crippen molar-refractivity contribution in [1.29, 1.82) is 0 Å². The summed E-state index contributed by atoms with van der Waals surface area (Å²) in [4.78, 5) is 24.1. The number of alkyl carbamates (subject to hydrolysis) is 1. The van der Waals surface area contributed by atoms with E-state index in [-0.39, 0.29) is 31.9 Å². The van der Waals surface area contributed by atoms with Gasteiger partial charge in [0.25, 0.3) is 0 Å². The number of nitrogens with zero attached hydrogens (tertiary/aromatic N) is 1. The van der Waals surface area contributed by atoms with E-state index in [4.69, 9.17) is 9.84 Å². The number of amides is 2. The first-order chi connectivity index (χ1) is 12.3. The summed E-state index contributed by atoms with van der Waals surface area (Å²) in [5, 5.41) is 11.6. The first kappa shape index (κ1) is 19.9. The van der Waals surface area contributed by atoms with Crippen molar-refractivity contribution in [3.63, 3.8) is 0 Å². The zero-order valence-electron chi connectivity index (χ0n) is 14.6. The lowest BCUT2D eigenvalue weighted by Crippen LogP contribution is -2.45. The fourth-order valence-corrected chi connectivity index (χ4v) is 3.14. The van der Waals surface area contributed by atoms with Crippen LogP contribution in [-0.2, 0) is 11.3 Å². The maximum absolute atomic E-state index is 13.4. The summed E-state index contributed by atoms with van der Waals surface area (Å²) in [6, 6.07) is 8.53. The van der Waals surface area contributed by atoms with Crippen LogP contribution in [0.1, 0.15) is 24.8 Å². The number of hydrogen-bond donors (Lipinski definition) is 2. The molecule has 1 aliphatic rings. The quantitative estimate of drug-likeness (QED) is 0.771. The first-order valence-corrected chi connectivity index (χ1v) is 8.54. The second-order valence-electron chi connectivity index (χ2n) is 6.67. The Balaban J connectivity index is 1.89. The molecule has 0 saturated heterocycles. The van der Waals surface area contributed by atoms with E-state index in [0.717, 1.165) is 10.5 Å². The number of carbonyl (C=O) groups is 2. The molecule has 2 N–H and O–H groups in total. The molecule has 144 valence electrons. The fraction of sp³-hybridized carbons (Fsp3) is 0.556. The third-order valence-corrected chi connectivity index (χ3v) is 4.48. The van der Waals surface area contributed by atoms with Crippen molar-refractivity contribution < 1.29 is 28.2 Å². The van der Waals surface area contributed by atoms with E-state index in [2.05, 4.69) is 5.32 Å². The number of benzene rings is 1. The van der Waals surface area contributed by atoms with E-state index in [1.165, 1.54) is 7.05 Å².